The Hall–Kier alpha value is -2.93. The molecule has 0 radical (unpaired) electrons. The molecule has 0 saturated heterocycles. The SMILES string of the molecule is Cc1nc(NC(=O)c2ccc[nH]2)sc1C(=O)OCc1ccccc1. The van der Waals surface area contributed by atoms with Gasteiger partial charge in [-0.15, -0.1) is 0 Å². The monoisotopic (exact) mass is 341 g/mol. The molecule has 0 unspecified atom stereocenters. The molecule has 1 amide bonds. The molecule has 24 heavy (non-hydrogen) atoms. The smallest absolute Gasteiger partial charge is 0.350 e. The predicted octanol–water partition coefficient (Wildman–Crippen LogP) is 3.39. The summed E-state index contributed by atoms with van der Waals surface area (Å²) >= 11 is 1.10. The number of aromatic nitrogens is 2. The summed E-state index contributed by atoms with van der Waals surface area (Å²) in [6.45, 7) is 1.90. The van der Waals surface area contributed by atoms with Crippen molar-refractivity contribution in [3.8, 4) is 0 Å². The summed E-state index contributed by atoms with van der Waals surface area (Å²) in [5.74, 6) is -0.757. The summed E-state index contributed by atoms with van der Waals surface area (Å²) < 4.78 is 5.30. The Morgan fingerprint density at radius 2 is 2.00 bits per heavy atom. The van der Waals surface area contributed by atoms with Crippen molar-refractivity contribution < 1.29 is 14.3 Å². The van der Waals surface area contributed by atoms with Gasteiger partial charge in [-0.25, -0.2) is 9.78 Å². The highest BCUT2D eigenvalue weighted by molar-refractivity contribution is 7.17. The average Bonchev–Trinajstić information content (AvgIpc) is 3.23. The molecule has 3 aromatic rings. The maximum atomic E-state index is 12.2. The van der Waals surface area contributed by atoms with E-state index in [9.17, 15) is 9.59 Å². The number of esters is 1. The minimum absolute atomic E-state index is 0.196. The number of benzene rings is 1. The van der Waals surface area contributed by atoms with Crippen LogP contribution in [-0.2, 0) is 11.3 Å². The fraction of sp³-hybridized carbons (Fsp3) is 0.118. The van der Waals surface area contributed by atoms with E-state index in [1.165, 1.54) is 0 Å². The number of rotatable bonds is 5. The molecule has 2 aromatic heterocycles. The van der Waals surface area contributed by atoms with E-state index in [1.807, 2.05) is 30.3 Å². The number of thiazole rings is 1. The standard InChI is InChI=1S/C17H15N3O3S/c1-11-14(16(22)23-10-12-6-3-2-4-7-12)24-17(19-11)20-15(21)13-8-5-9-18-13/h2-9,18H,10H2,1H3,(H,19,20,21). The molecule has 2 heterocycles. The third-order valence-electron chi connectivity index (χ3n) is 3.26. The van der Waals surface area contributed by atoms with Crippen LogP contribution in [0.25, 0.3) is 0 Å². The Morgan fingerprint density at radius 1 is 1.21 bits per heavy atom. The van der Waals surface area contributed by atoms with E-state index in [4.69, 9.17) is 4.74 Å². The Morgan fingerprint density at radius 3 is 2.71 bits per heavy atom. The number of carbonyl (C=O) groups is 2. The highest BCUT2D eigenvalue weighted by Gasteiger charge is 2.18. The first kappa shape index (κ1) is 15.9. The largest absolute Gasteiger partial charge is 0.457 e. The van der Waals surface area contributed by atoms with Crippen LogP contribution in [0.1, 0.15) is 31.4 Å². The van der Waals surface area contributed by atoms with Gasteiger partial charge in [-0.2, -0.15) is 0 Å². The fourth-order valence-electron chi connectivity index (χ4n) is 2.06. The zero-order valence-corrected chi connectivity index (χ0v) is 13.7. The van der Waals surface area contributed by atoms with E-state index in [0.29, 0.717) is 21.4 Å². The van der Waals surface area contributed by atoms with Gasteiger partial charge < -0.3 is 9.72 Å². The lowest BCUT2D eigenvalue weighted by Crippen LogP contribution is -2.11. The van der Waals surface area contributed by atoms with Crippen molar-refractivity contribution in [2.24, 2.45) is 0 Å². The quantitative estimate of drug-likeness (QED) is 0.697. The first-order chi connectivity index (χ1) is 11.6. The van der Waals surface area contributed by atoms with Gasteiger partial charge in [-0.3, -0.25) is 10.1 Å². The van der Waals surface area contributed by atoms with E-state index in [-0.39, 0.29) is 12.5 Å². The van der Waals surface area contributed by atoms with Crippen LogP contribution in [0, 0.1) is 6.92 Å². The lowest BCUT2D eigenvalue weighted by molar-refractivity contribution is 0.0477. The van der Waals surface area contributed by atoms with Crippen LogP contribution in [0.4, 0.5) is 5.13 Å². The number of anilines is 1. The first-order valence-corrected chi connectivity index (χ1v) is 8.08. The maximum Gasteiger partial charge on any atom is 0.350 e. The number of ether oxygens (including phenoxy) is 1. The number of aryl methyl sites for hydroxylation is 1. The summed E-state index contributed by atoms with van der Waals surface area (Å²) in [5.41, 5.74) is 1.86. The average molecular weight is 341 g/mol. The topological polar surface area (TPSA) is 84.1 Å². The number of nitrogens with zero attached hydrogens (tertiary/aromatic N) is 1. The summed E-state index contributed by atoms with van der Waals surface area (Å²) in [4.78, 5) is 31.6. The normalized spacial score (nSPS) is 10.4. The highest BCUT2D eigenvalue weighted by Crippen LogP contribution is 2.24. The number of carbonyl (C=O) groups excluding carboxylic acids is 2. The molecule has 0 spiro atoms. The molecule has 6 nitrogen and oxygen atoms in total. The Kier molecular flexibility index (Phi) is 4.72. The Bertz CT molecular complexity index is 841. The number of aromatic amines is 1. The molecule has 0 saturated carbocycles. The lowest BCUT2D eigenvalue weighted by atomic mass is 10.2. The summed E-state index contributed by atoms with van der Waals surface area (Å²) in [6, 6.07) is 12.8. The van der Waals surface area contributed by atoms with E-state index in [0.717, 1.165) is 16.9 Å². The first-order valence-electron chi connectivity index (χ1n) is 7.26. The van der Waals surface area contributed by atoms with Crippen LogP contribution in [0.5, 0.6) is 0 Å². The van der Waals surface area contributed by atoms with Crippen molar-refractivity contribution in [1.82, 2.24) is 9.97 Å². The fourth-order valence-corrected chi connectivity index (χ4v) is 2.92. The number of nitrogens with one attached hydrogen (secondary N) is 2. The summed E-state index contributed by atoms with van der Waals surface area (Å²) in [7, 11) is 0. The zero-order chi connectivity index (χ0) is 16.9. The van der Waals surface area contributed by atoms with Gasteiger partial charge >= 0.3 is 5.97 Å². The Labute approximate surface area is 142 Å². The highest BCUT2D eigenvalue weighted by atomic mass is 32.1. The number of hydrogen-bond acceptors (Lipinski definition) is 5. The van der Waals surface area contributed by atoms with Crippen LogP contribution < -0.4 is 5.32 Å². The number of amides is 1. The minimum atomic E-state index is -0.450. The van der Waals surface area contributed by atoms with Gasteiger partial charge in [0, 0.05) is 6.20 Å². The molecule has 0 atom stereocenters. The molecular weight excluding hydrogens is 326 g/mol. The van der Waals surface area contributed by atoms with Crippen molar-refractivity contribution >= 4 is 28.3 Å². The van der Waals surface area contributed by atoms with Gasteiger partial charge in [0.05, 0.1) is 5.69 Å². The van der Waals surface area contributed by atoms with Gasteiger partial charge in [0.2, 0.25) is 0 Å². The van der Waals surface area contributed by atoms with Crippen LogP contribution >= 0.6 is 11.3 Å². The molecule has 0 aliphatic carbocycles. The molecule has 2 N–H and O–H groups in total. The summed E-state index contributed by atoms with van der Waals surface area (Å²) in [5, 5.41) is 3.02. The van der Waals surface area contributed by atoms with E-state index < -0.39 is 5.97 Å². The van der Waals surface area contributed by atoms with Gasteiger partial charge in [0.1, 0.15) is 17.2 Å². The van der Waals surface area contributed by atoms with Crippen LogP contribution in [0.2, 0.25) is 0 Å². The van der Waals surface area contributed by atoms with Crippen molar-refractivity contribution in [2.75, 3.05) is 5.32 Å². The molecule has 0 aliphatic heterocycles. The van der Waals surface area contributed by atoms with Crippen molar-refractivity contribution in [3.05, 3.63) is 70.5 Å². The second kappa shape index (κ2) is 7.10. The van der Waals surface area contributed by atoms with Crippen LogP contribution in [0.15, 0.2) is 48.7 Å². The minimum Gasteiger partial charge on any atom is -0.457 e. The molecular formula is C17H15N3O3S. The number of hydrogen-bond donors (Lipinski definition) is 2. The third kappa shape index (κ3) is 3.69. The van der Waals surface area contributed by atoms with Gasteiger partial charge in [0.25, 0.3) is 5.91 Å². The molecule has 0 bridgehead atoms. The maximum absolute atomic E-state index is 12.2. The van der Waals surface area contributed by atoms with E-state index in [2.05, 4.69) is 15.3 Å². The molecule has 7 heteroatoms. The van der Waals surface area contributed by atoms with Crippen LogP contribution in [0.3, 0.4) is 0 Å². The molecule has 122 valence electrons. The van der Waals surface area contributed by atoms with Gasteiger partial charge in [0.15, 0.2) is 5.13 Å². The Balaban J connectivity index is 1.65. The second-order valence-electron chi connectivity index (χ2n) is 5.03. The lowest BCUT2D eigenvalue weighted by Gasteiger charge is -2.03. The van der Waals surface area contributed by atoms with Gasteiger partial charge in [-0.05, 0) is 24.6 Å². The predicted molar refractivity (Wildman–Crippen MR) is 91.2 cm³/mol. The molecule has 0 aliphatic rings. The zero-order valence-electron chi connectivity index (χ0n) is 12.9. The van der Waals surface area contributed by atoms with E-state index in [1.54, 1.807) is 25.3 Å². The van der Waals surface area contributed by atoms with E-state index >= 15 is 0 Å². The van der Waals surface area contributed by atoms with Crippen molar-refractivity contribution in [2.45, 2.75) is 13.5 Å². The number of H-pyrrole nitrogens is 1. The third-order valence-corrected chi connectivity index (χ3v) is 4.31. The second-order valence-corrected chi connectivity index (χ2v) is 6.03. The molecule has 1 aromatic carbocycles. The summed E-state index contributed by atoms with van der Waals surface area (Å²) in [6.07, 6.45) is 1.66. The van der Waals surface area contributed by atoms with Crippen molar-refractivity contribution in [1.29, 1.82) is 0 Å². The molecule has 0 fully saturated rings. The van der Waals surface area contributed by atoms with Crippen LogP contribution in [-0.4, -0.2) is 21.8 Å². The molecule has 3 rings (SSSR count). The van der Waals surface area contributed by atoms with Crippen molar-refractivity contribution in [3.63, 3.8) is 0 Å². The van der Waals surface area contributed by atoms with Gasteiger partial charge in [-0.1, -0.05) is 41.7 Å².